The van der Waals surface area contributed by atoms with Crippen LogP contribution in [-0.4, -0.2) is 33.3 Å². The number of aromatic nitrogens is 3. The van der Waals surface area contributed by atoms with E-state index in [4.69, 9.17) is 28.9 Å². The zero-order valence-electron chi connectivity index (χ0n) is 14.2. The first-order chi connectivity index (χ1) is 11.9. The van der Waals surface area contributed by atoms with E-state index in [2.05, 4.69) is 15.4 Å². The summed E-state index contributed by atoms with van der Waals surface area (Å²) in [6, 6.07) is 5.19. The molecule has 8 heteroatoms. The molecule has 3 rings (SSSR count). The lowest BCUT2D eigenvalue weighted by Gasteiger charge is -2.11. The molecule has 0 saturated heterocycles. The lowest BCUT2D eigenvalue weighted by molar-refractivity contribution is 0.0940. The van der Waals surface area contributed by atoms with Crippen molar-refractivity contribution in [3.8, 4) is 5.69 Å². The van der Waals surface area contributed by atoms with Crippen LogP contribution >= 0.6 is 23.2 Å². The second-order valence-corrected chi connectivity index (χ2v) is 7.46. The summed E-state index contributed by atoms with van der Waals surface area (Å²) < 4.78 is 1.55. The van der Waals surface area contributed by atoms with Crippen LogP contribution in [0.25, 0.3) is 5.69 Å². The molecule has 134 valence electrons. The summed E-state index contributed by atoms with van der Waals surface area (Å²) in [4.78, 5) is 16.8. The van der Waals surface area contributed by atoms with Crippen molar-refractivity contribution >= 4 is 29.1 Å². The summed E-state index contributed by atoms with van der Waals surface area (Å²) in [6.45, 7) is 4.35. The van der Waals surface area contributed by atoms with Gasteiger partial charge in [-0.15, -0.1) is 5.10 Å². The summed E-state index contributed by atoms with van der Waals surface area (Å²) in [7, 11) is 0. The van der Waals surface area contributed by atoms with E-state index in [0.717, 1.165) is 12.8 Å². The van der Waals surface area contributed by atoms with Gasteiger partial charge < -0.3 is 11.1 Å². The van der Waals surface area contributed by atoms with Gasteiger partial charge in [0.25, 0.3) is 5.91 Å². The minimum atomic E-state index is -0.347. The quantitative estimate of drug-likeness (QED) is 0.804. The molecule has 0 radical (unpaired) electrons. The number of hydrogen-bond donors (Lipinski definition) is 2. The van der Waals surface area contributed by atoms with Crippen LogP contribution in [0, 0.1) is 5.92 Å². The van der Waals surface area contributed by atoms with Crippen molar-refractivity contribution in [2.45, 2.75) is 38.6 Å². The van der Waals surface area contributed by atoms with Gasteiger partial charge in [0.05, 0.1) is 10.0 Å². The molecule has 1 fully saturated rings. The second kappa shape index (κ2) is 7.32. The van der Waals surface area contributed by atoms with E-state index in [1.165, 1.54) is 0 Å². The van der Waals surface area contributed by atoms with Crippen LogP contribution in [0.3, 0.4) is 0 Å². The molecule has 2 aromatic rings. The van der Waals surface area contributed by atoms with Crippen molar-refractivity contribution in [2.24, 2.45) is 11.7 Å². The average Bonchev–Trinajstić information content (AvgIpc) is 3.31. The lowest BCUT2D eigenvalue weighted by atomic mass is 10.2. The van der Waals surface area contributed by atoms with E-state index in [0.29, 0.717) is 34.0 Å². The van der Waals surface area contributed by atoms with Crippen LogP contribution in [0.1, 0.15) is 49.1 Å². The third-order valence-electron chi connectivity index (χ3n) is 4.23. The van der Waals surface area contributed by atoms with Gasteiger partial charge in [-0.2, -0.15) is 0 Å². The van der Waals surface area contributed by atoms with Crippen molar-refractivity contribution in [2.75, 3.05) is 6.54 Å². The minimum Gasteiger partial charge on any atom is -0.348 e. The fourth-order valence-corrected chi connectivity index (χ4v) is 3.19. The van der Waals surface area contributed by atoms with Gasteiger partial charge in [-0.25, -0.2) is 9.67 Å². The van der Waals surface area contributed by atoms with Crippen molar-refractivity contribution in [1.82, 2.24) is 20.1 Å². The number of benzene rings is 1. The molecule has 1 aliphatic carbocycles. The third kappa shape index (κ3) is 3.97. The second-order valence-electron chi connectivity index (χ2n) is 6.64. The zero-order chi connectivity index (χ0) is 18.1. The average molecular weight is 382 g/mol. The van der Waals surface area contributed by atoms with E-state index in [1.807, 2.05) is 13.8 Å². The van der Waals surface area contributed by atoms with E-state index in [1.54, 1.807) is 22.9 Å². The molecule has 1 heterocycles. The van der Waals surface area contributed by atoms with Gasteiger partial charge >= 0.3 is 0 Å². The van der Waals surface area contributed by atoms with Gasteiger partial charge in [-0.3, -0.25) is 4.79 Å². The van der Waals surface area contributed by atoms with Gasteiger partial charge in [0, 0.05) is 18.5 Å². The Kier molecular flexibility index (Phi) is 5.32. The van der Waals surface area contributed by atoms with Crippen LogP contribution < -0.4 is 11.1 Å². The molecule has 25 heavy (non-hydrogen) atoms. The van der Waals surface area contributed by atoms with E-state index >= 15 is 0 Å². The Morgan fingerprint density at radius 1 is 1.36 bits per heavy atom. The Labute approximate surface area is 156 Å². The maximum Gasteiger partial charge on any atom is 0.291 e. The topological polar surface area (TPSA) is 85.8 Å². The summed E-state index contributed by atoms with van der Waals surface area (Å²) in [5, 5.41) is 8.05. The largest absolute Gasteiger partial charge is 0.348 e. The van der Waals surface area contributed by atoms with Crippen LogP contribution in [-0.2, 0) is 0 Å². The lowest BCUT2D eigenvalue weighted by Crippen LogP contribution is -2.39. The smallest absolute Gasteiger partial charge is 0.291 e. The Balaban J connectivity index is 1.88. The molecule has 1 unspecified atom stereocenters. The maximum atomic E-state index is 12.4. The molecule has 1 atom stereocenters. The molecule has 1 aliphatic rings. The number of halogens is 2. The minimum absolute atomic E-state index is 0.0198. The molecule has 0 bridgehead atoms. The summed E-state index contributed by atoms with van der Waals surface area (Å²) in [5.74, 6) is 0.906. The highest BCUT2D eigenvalue weighted by Gasteiger charge is 2.29. The Morgan fingerprint density at radius 3 is 2.56 bits per heavy atom. The SMILES string of the molecule is CC(C)c1nc(C(=O)NCC(N)C2CC2)nn1-c1c(Cl)cccc1Cl. The first-order valence-electron chi connectivity index (χ1n) is 8.33. The summed E-state index contributed by atoms with van der Waals surface area (Å²) in [6.07, 6.45) is 2.26. The molecule has 6 nitrogen and oxygen atoms in total. The molecule has 1 amide bonds. The van der Waals surface area contributed by atoms with Gasteiger partial charge in [0.2, 0.25) is 5.82 Å². The highest BCUT2D eigenvalue weighted by atomic mass is 35.5. The van der Waals surface area contributed by atoms with Crippen LogP contribution in [0.4, 0.5) is 0 Å². The fraction of sp³-hybridized carbons (Fsp3) is 0.471. The molecule has 1 aromatic heterocycles. The number of para-hydroxylation sites is 1. The van der Waals surface area contributed by atoms with E-state index < -0.39 is 0 Å². The highest BCUT2D eigenvalue weighted by molar-refractivity contribution is 6.37. The number of rotatable bonds is 6. The van der Waals surface area contributed by atoms with Crippen LogP contribution in [0.2, 0.25) is 10.0 Å². The van der Waals surface area contributed by atoms with Gasteiger partial charge in [0.1, 0.15) is 11.5 Å². The molecular weight excluding hydrogens is 361 g/mol. The van der Waals surface area contributed by atoms with E-state index in [-0.39, 0.29) is 23.7 Å². The molecule has 1 saturated carbocycles. The van der Waals surface area contributed by atoms with Crippen LogP contribution in [0.5, 0.6) is 0 Å². The van der Waals surface area contributed by atoms with Crippen LogP contribution in [0.15, 0.2) is 18.2 Å². The van der Waals surface area contributed by atoms with Crippen molar-refractivity contribution in [1.29, 1.82) is 0 Å². The first-order valence-corrected chi connectivity index (χ1v) is 9.09. The zero-order valence-corrected chi connectivity index (χ0v) is 15.7. The van der Waals surface area contributed by atoms with Gasteiger partial charge in [0.15, 0.2) is 0 Å². The monoisotopic (exact) mass is 381 g/mol. The number of carbonyl (C=O) groups is 1. The molecule has 0 aliphatic heterocycles. The number of hydrogen-bond acceptors (Lipinski definition) is 4. The number of nitrogens with one attached hydrogen (secondary N) is 1. The molecule has 3 N–H and O–H groups in total. The number of nitrogens with zero attached hydrogens (tertiary/aromatic N) is 3. The summed E-state index contributed by atoms with van der Waals surface area (Å²) in [5.41, 5.74) is 6.55. The van der Waals surface area contributed by atoms with Gasteiger partial charge in [-0.05, 0) is 30.9 Å². The van der Waals surface area contributed by atoms with E-state index in [9.17, 15) is 4.79 Å². The van der Waals surface area contributed by atoms with Crippen molar-refractivity contribution < 1.29 is 4.79 Å². The first kappa shape index (κ1) is 18.2. The van der Waals surface area contributed by atoms with Crippen molar-refractivity contribution in [3.05, 3.63) is 39.9 Å². The Bertz CT molecular complexity index is 765. The fourth-order valence-electron chi connectivity index (χ4n) is 2.63. The van der Waals surface area contributed by atoms with Crippen molar-refractivity contribution in [3.63, 3.8) is 0 Å². The summed E-state index contributed by atoms with van der Waals surface area (Å²) >= 11 is 12.6. The number of nitrogens with two attached hydrogens (primary N) is 1. The standard InChI is InChI=1S/C17H21Cl2N5O/c1-9(2)16-22-15(17(25)21-8-13(20)10-6-7-10)23-24(16)14-11(18)4-3-5-12(14)19/h3-5,9-10,13H,6-8,20H2,1-2H3,(H,21,25). The molecule has 0 spiro atoms. The third-order valence-corrected chi connectivity index (χ3v) is 4.84. The highest BCUT2D eigenvalue weighted by Crippen LogP contribution is 2.31. The Morgan fingerprint density at radius 2 is 2.00 bits per heavy atom. The predicted molar refractivity (Wildman–Crippen MR) is 98.5 cm³/mol. The molecular formula is C17H21Cl2N5O. The molecule has 1 aromatic carbocycles. The Hall–Kier alpha value is -1.63. The van der Waals surface area contributed by atoms with Gasteiger partial charge in [-0.1, -0.05) is 43.1 Å². The predicted octanol–water partition coefficient (Wildman–Crippen LogP) is 3.16. The number of carbonyl (C=O) groups excluding carboxylic acids is 1. The maximum absolute atomic E-state index is 12.4. The number of amides is 1. The normalized spacial score (nSPS) is 15.4.